The van der Waals surface area contributed by atoms with Gasteiger partial charge in [0.05, 0.1) is 0 Å². The average molecular weight is 316 g/mol. The van der Waals surface area contributed by atoms with E-state index in [9.17, 15) is 9.59 Å². The van der Waals surface area contributed by atoms with Gasteiger partial charge in [-0.3, -0.25) is 4.79 Å². The Kier molecular flexibility index (Phi) is 6.20. The highest BCUT2D eigenvalue weighted by Gasteiger charge is 2.27. The van der Waals surface area contributed by atoms with Crippen LogP contribution >= 0.6 is 0 Å². The number of amides is 2. The molecule has 0 bridgehead atoms. The Morgan fingerprint density at radius 2 is 1.83 bits per heavy atom. The van der Waals surface area contributed by atoms with Crippen LogP contribution in [0.3, 0.4) is 0 Å². The summed E-state index contributed by atoms with van der Waals surface area (Å²) < 4.78 is 5.22. The maximum Gasteiger partial charge on any atom is 0.408 e. The van der Waals surface area contributed by atoms with Gasteiger partial charge >= 0.3 is 6.09 Å². The number of rotatable bonds is 6. The van der Waals surface area contributed by atoms with Crippen molar-refractivity contribution < 1.29 is 14.3 Å². The van der Waals surface area contributed by atoms with Crippen molar-refractivity contribution in [3.05, 3.63) is 48.0 Å². The Labute approximate surface area is 137 Å². The predicted octanol–water partition coefficient (Wildman–Crippen LogP) is 2.73. The Morgan fingerprint density at radius 1 is 1.17 bits per heavy atom. The van der Waals surface area contributed by atoms with Crippen LogP contribution in [0.5, 0.6) is 0 Å². The van der Waals surface area contributed by atoms with Crippen LogP contribution in [0.2, 0.25) is 0 Å². The molecule has 23 heavy (non-hydrogen) atoms. The molecular weight excluding hydrogens is 292 g/mol. The zero-order chi connectivity index (χ0) is 16.7. The van der Waals surface area contributed by atoms with Crippen molar-refractivity contribution in [1.82, 2.24) is 10.2 Å². The monoisotopic (exact) mass is 316 g/mol. The summed E-state index contributed by atoms with van der Waals surface area (Å²) in [6.45, 7) is 5.46. The molecule has 5 nitrogen and oxygen atoms in total. The molecule has 1 N–H and O–H groups in total. The molecule has 1 aromatic rings. The van der Waals surface area contributed by atoms with Gasteiger partial charge in [0.1, 0.15) is 12.6 Å². The highest BCUT2D eigenvalue weighted by molar-refractivity contribution is 5.86. The second kappa shape index (κ2) is 8.36. The molecule has 1 aliphatic heterocycles. The number of hydrogen-bond acceptors (Lipinski definition) is 3. The van der Waals surface area contributed by atoms with Crippen molar-refractivity contribution >= 4 is 12.0 Å². The third kappa shape index (κ3) is 5.43. The first-order chi connectivity index (χ1) is 11.1. The van der Waals surface area contributed by atoms with Gasteiger partial charge in [0.2, 0.25) is 5.91 Å². The molecule has 5 heteroatoms. The highest BCUT2D eigenvalue weighted by Crippen LogP contribution is 2.11. The SMILES string of the molecule is CC(C)C[C@H](NC(=O)OCc1ccccc1)C(=O)N1CC=CC1. The van der Waals surface area contributed by atoms with Crippen LogP contribution < -0.4 is 5.32 Å². The first-order valence-electron chi connectivity index (χ1n) is 7.97. The van der Waals surface area contributed by atoms with Gasteiger partial charge < -0.3 is 15.0 Å². The molecule has 124 valence electrons. The Hall–Kier alpha value is -2.30. The topological polar surface area (TPSA) is 58.6 Å². The minimum atomic E-state index is -0.556. The molecule has 0 saturated carbocycles. The maximum atomic E-state index is 12.5. The highest BCUT2D eigenvalue weighted by atomic mass is 16.5. The molecule has 0 saturated heterocycles. The summed E-state index contributed by atoms with van der Waals surface area (Å²) in [4.78, 5) is 26.2. The molecule has 0 spiro atoms. The molecule has 0 radical (unpaired) electrons. The average Bonchev–Trinajstić information content (AvgIpc) is 3.06. The summed E-state index contributed by atoms with van der Waals surface area (Å²) in [5.41, 5.74) is 0.915. The first kappa shape index (κ1) is 17.1. The molecule has 0 fully saturated rings. The van der Waals surface area contributed by atoms with Gasteiger partial charge in [-0.05, 0) is 17.9 Å². The lowest BCUT2D eigenvalue weighted by Gasteiger charge is -2.25. The van der Waals surface area contributed by atoms with Crippen LogP contribution in [0.15, 0.2) is 42.5 Å². The van der Waals surface area contributed by atoms with Crippen LogP contribution in [-0.4, -0.2) is 36.0 Å². The largest absolute Gasteiger partial charge is 0.445 e. The Bertz CT molecular complexity index is 547. The van der Waals surface area contributed by atoms with Gasteiger partial charge in [0.15, 0.2) is 0 Å². The third-order valence-electron chi connectivity index (χ3n) is 3.64. The van der Waals surface area contributed by atoms with Crippen molar-refractivity contribution in [2.75, 3.05) is 13.1 Å². The minimum absolute atomic E-state index is 0.0552. The number of nitrogens with one attached hydrogen (secondary N) is 1. The zero-order valence-corrected chi connectivity index (χ0v) is 13.7. The van der Waals surface area contributed by atoms with Crippen LogP contribution in [0.4, 0.5) is 4.79 Å². The standard InChI is InChI=1S/C18H24N2O3/c1-14(2)12-16(17(21)20-10-6-7-11-20)19-18(22)23-13-15-8-4-3-5-9-15/h3-9,14,16H,10-13H2,1-2H3,(H,19,22)/t16-/m0/s1. The quantitative estimate of drug-likeness (QED) is 0.821. The zero-order valence-electron chi connectivity index (χ0n) is 13.7. The smallest absolute Gasteiger partial charge is 0.408 e. The third-order valence-corrected chi connectivity index (χ3v) is 3.64. The number of carbonyl (C=O) groups excluding carboxylic acids is 2. The lowest BCUT2D eigenvalue weighted by atomic mass is 10.0. The van der Waals surface area contributed by atoms with Gasteiger partial charge in [-0.25, -0.2) is 4.79 Å². The molecule has 0 aromatic heterocycles. The summed E-state index contributed by atoms with van der Waals surface area (Å²) in [7, 11) is 0. The number of carbonyl (C=O) groups is 2. The number of nitrogens with zero attached hydrogens (tertiary/aromatic N) is 1. The van der Waals surface area contributed by atoms with E-state index in [2.05, 4.69) is 5.32 Å². The van der Waals surface area contributed by atoms with Crippen LogP contribution in [-0.2, 0) is 16.1 Å². The van der Waals surface area contributed by atoms with Crippen LogP contribution in [0.25, 0.3) is 0 Å². The van der Waals surface area contributed by atoms with E-state index in [-0.39, 0.29) is 12.5 Å². The summed E-state index contributed by atoms with van der Waals surface area (Å²) in [6.07, 6.45) is 3.95. The second-order valence-corrected chi connectivity index (χ2v) is 6.10. The molecular formula is C18H24N2O3. The number of hydrogen-bond donors (Lipinski definition) is 1. The van der Waals surface area contributed by atoms with E-state index in [0.717, 1.165) is 5.56 Å². The second-order valence-electron chi connectivity index (χ2n) is 6.10. The maximum absolute atomic E-state index is 12.5. The van der Waals surface area contributed by atoms with Crippen molar-refractivity contribution in [3.8, 4) is 0 Å². The van der Waals surface area contributed by atoms with Crippen LogP contribution in [0, 0.1) is 5.92 Å². The summed E-state index contributed by atoms with van der Waals surface area (Å²) in [5.74, 6) is 0.245. The van der Waals surface area contributed by atoms with E-state index in [4.69, 9.17) is 4.74 Å². The minimum Gasteiger partial charge on any atom is -0.445 e. The number of benzene rings is 1. The molecule has 1 aliphatic rings. The Morgan fingerprint density at radius 3 is 2.43 bits per heavy atom. The summed E-state index contributed by atoms with van der Waals surface area (Å²) >= 11 is 0. The summed E-state index contributed by atoms with van der Waals surface area (Å²) in [6, 6.07) is 8.92. The van der Waals surface area contributed by atoms with E-state index in [0.29, 0.717) is 25.4 Å². The molecule has 1 atom stereocenters. The van der Waals surface area contributed by atoms with Crippen molar-refractivity contribution in [2.24, 2.45) is 5.92 Å². The lowest BCUT2D eigenvalue weighted by Crippen LogP contribution is -2.48. The van der Waals surface area contributed by atoms with E-state index >= 15 is 0 Å². The first-order valence-corrected chi connectivity index (χ1v) is 7.97. The van der Waals surface area contributed by atoms with Gasteiger partial charge in [0.25, 0.3) is 0 Å². The summed E-state index contributed by atoms with van der Waals surface area (Å²) in [5, 5.41) is 2.72. The lowest BCUT2D eigenvalue weighted by molar-refractivity contribution is -0.132. The fraction of sp³-hybridized carbons (Fsp3) is 0.444. The molecule has 0 unspecified atom stereocenters. The van der Waals surface area contributed by atoms with E-state index in [1.165, 1.54) is 0 Å². The molecule has 1 aromatic carbocycles. The predicted molar refractivity (Wildman–Crippen MR) is 88.7 cm³/mol. The fourth-order valence-corrected chi connectivity index (χ4v) is 2.48. The van der Waals surface area contributed by atoms with Gasteiger partial charge in [-0.2, -0.15) is 0 Å². The van der Waals surface area contributed by atoms with Gasteiger partial charge in [-0.15, -0.1) is 0 Å². The Balaban J connectivity index is 1.88. The van der Waals surface area contributed by atoms with Crippen LogP contribution in [0.1, 0.15) is 25.8 Å². The molecule has 2 amide bonds. The van der Waals surface area contributed by atoms with Gasteiger partial charge in [-0.1, -0.05) is 56.3 Å². The molecule has 0 aliphatic carbocycles. The van der Waals surface area contributed by atoms with E-state index < -0.39 is 12.1 Å². The molecule has 1 heterocycles. The van der Waals surface area contributed by atoms with E-state index in [1.54, 1.807) is 4.90 Å². The van der Waals surface area contributed by atoms with Crippen molar-refractivity contribution in [3.63, 3.8) is 0 Å². The molecule has 2 rings (SSSR count). The van der Waals surface area contributed by atoms with Gasteiger partial charge in [0, 0.05) is 13.1 Å². The van der Waals surface area contributed by atoms with E-state index in [1.807, 2.05) is 56.3 Å². The normalized spacial score (nSPS) is 14.8. The number of alkyl carbamates (subject to hydrolysis) is 1. The van der Waals surface area contributed by atoms with Crippen molar-refractivity contribution in [1.29, 1.82) is 0 Å². The number of ether oxygens (including phenoxy) is 1. The fourth-order valence-electron chi connectivity index (χ4n) is 2.48. The van der Waals surface area contributed by atoms with Crippen molar-refractivity contribution in [2.45, 2.75) is 32.9 Å².